The Morgan fingerprint density at radius 3 is 1.73 bits per heavy atom. The minimum Gasteiger partial charge on any atom is -0.744 e. The molecule has 105 heavy (non-hydrogen) atoms. The van der Waals surface area contributed by atoms with E-state index in [-0.39, 0.29) is 89.1 Å². The van der Waals surface area contributed by atoms with Gasteiger partial charge in [-0.3, -0.25) is 18.5 Å². The highest BCUT2D eigenvalue weighted by molar-refractivity contribution is 7.86. The van der Waals surface area contributed by atoms with Crippen molar-refractivity contribution in [1.82, 2.24) is 35.3 Å². The van der Waals surface area contributed by atoms with E-state index in [0.717, 1.165) is 12.8 Å². The van der Waals surface area contributed by atoms with Crippen molar-refractivity contribution < 1.29 is 99.1 Å². The second-order valence-corrected chi connectivity index (χ2v) is 31.5. The number of carbonyl (C=O) groups is 1. The molecule has 0 bridgehead atoms. The maximum atomic E-state index is 14.7. The predicted octanol–water partition coefficient (Wildman–Crippen LogP) is 6.92. The van der Waals surface area contributed by atoms with Crippen molar-refractivity contribution in [2.45, 2.75) is 113 Å². The predicted molar refractivity (Wildman–Crippen MR) is 386 cm³/mol. The minimum absolute atomic E-state index is 0.0109. The first-order chi connectivity index (χ1) is 49.9. The molecule has 576 valence electrons. The molecule has 2 aliphatic rings. The van der Waals surface area contributed by atoms with Crippen LogP contribution in [-0.2, 0) is 116 Å². The zero-order valence-electron chi connectivity index (χ0n) is 59.8. The molecular weight excluding hydrogens is 1450 g/mol. The molecule has 7 rings (SSSR count). The molecule has 0 saturated carbocycles. The zero-order valence-corrected chi connectivity index (χ0v) is 63.0. The summed E-state index contributed by atoms with van der Waals surface area (Å²) >= 11 is 0. The Kier molecular flexibility index (Phi) is 32.6. The van der Waals surface area contributed by atoms with Crippen LogP contribution in [0.3, 0.4) is 0 Å². The van der Waals surface area contributed by atoms with E-state index >= 15 is 0 Å². The number of carbonyl (C=O) groups excluding carboxylic acids is 1. The lowest BCUT2D eigenvalue weighted by Gasteiger charge is -2.27. The second-order valence-electron chi connectivity index (χ2n) is 25.5. The molecule has 1 amide bonds. The summed E-state index contributed by atoms with van der Waals surface area (Å²) in [5.74, 6) is -1.64. The van der Waals surface area contributed by atoms with Gasteiger partial charge in [0.2, 0.25) is 5.69 Å². The minimum atomic E-state index is -4.95. The summed E-state index contributed by atoms with van der Waals surface area (Å²) in [5.41, 5.74) is 12.8. The van der Waals surface area contributed by atoms with Crippen molar-refractivity contribution in [2.24, 2.45) is 5.11 Å². The number of amides is 1. The van der Waals surface area contributed by atoms with Gasteiger partial charge in [0.25, 0.3) is 36.3 Å². The summed E-state index contributed by atoms with van der Waals surface area (Å²) in [6, 6.07) is 11.5. The number of hydrogen-bond donors (Lipinski definition) is 4. The molecule has 0 atom stereocenters. The van der Waals surface area contributed by atoms with E-state index in [2.05, 4.69) is 36.0 Å². The molecule has 0 spiro atoms. The van der Waals surface area contributed by atoms with Gasteiger partial charge in [0.1, 0.15) is 28.1 Å². The number of allylic oxidation sites excluding steroid dienone is 8. The van der Waals surface area contributed by atoms with Gasteiger partial charge in [0, 0.05) is 85.3 Å². The van der Waals surface area contributed by atoms with Crippen molar-refractivity contribution in [3.8, 4) is 0 Å². The third-order valence-corrected chi connectivity index (χ3v) is 20.3. The summed E-state index contributed by atoms with van der Waals surface area (Å²) in [7, 11) is -15.4. The number of azide groups is 1. The van der Waals surface area contributed by atoms with E-state index in [1.807, 2.05) is 27.7 Å². The van der Waals surface area contributed by atoms with Crippen LogP contribution in [0.1, 0.15) is 116 Å². The molecule has 2 aromatic heterocycles. The number of benzene rings is 3. The van der Waals surface area contributed by atoms with Crippen LogP contribution in [0.15, 0.2) is 118 Å². The van der Waals surface area contributed by atoms with E-state index < -0.39 is 73.6 Å². The number of aromatic nitrogens is 6. The highest BCUT2D eigenvalue weighted by Crippen LogP contribution is 2.49. The first kappa shape index (κ1) is 84.7. The number of anilines is 1. The van der Waals surface area contributed by atoms with Crippen LogP contribution < -0.4 is 10.2 Å². The Labute approximate surface area is 612 Å². The van der Waals surface area contributed by atoms with Crippen molar-refractivity contribution in [2.75, 3.05) is 136 Å². The highest BCUT2D eigenvalue weighted by Gasteiger charge is 2.45. The molecule has 37 heteroatoms. The normalized spacial score (nSPS) is 15.0. The number of methoxy groups -OCH3 is 2. The van der Waals surface area contributed by atoms with Crippen molar-refractivity contribution >= 4 is 69.0 Å². The molecule has 0 aliphatic carbocycles. The fourth-order valence-electron chi connectivity index (χ4n) is 12.0. The molecule has 4 N–H and O–H groups in total. The highest BCUT2D eigenvalue weighted by atomic mass is 32.2. The zero-order chi connectivity index (χ0) is 76.3. The molecule has 0 unspecified atom stereocenters. The van der Waals surface area contributed by atoms with Crippen LogP contribution in [0.2, 0.25) is 0 Å². The third kappa shape index (κ3) is 26.4. The van der Waals surface area contributed by atoms with Crippen LogP contribution in [0.25, 0.3) is 16.0 Å². The molecular formula is C68H94N12O21S4. The average Bonchev–Trinajstić information content (AvgIpc) is 1.60. The van der Waals surface area contributed by atoms with Gasteiger partial charge in [0.15, 0.2) is 5.71 Å². The topological polar surface area (TPSA) is 440 Å². The molecule has 0 fully saturated rings. The summed E-state index contributed by atoms with van der Waals surface area (Å²) in [4.78, 5) is 18.5. The molecule has 0 radical (unpaired) electrons. The van der Waals surface area contributed by atoms with Gasteiger partial charge >= 0.3 is 0 Å². The number of ether oxygens (including phenoxy) is 8. The number of nitrogens with one attached hydrogen (secondary N) is 1. The second kappa shape index (κ2) is 40.4. The van der Waals surface area contributed by atoms with E-state index in [9.17, 15) is 56.7 Å². The van der Waals surface area contributed by atoms with Crippen molar-refractivity contribution in [1.29, 1.82) is 0 Å². The Bertz CT molecular complexity index is 4350. The fraction of sp³-hybridized carbons (Fsp3) is 0.529. The lowest BCUT2D eigenvalue weighted by molar-refractivity contribution is -0.437. The molecule has 33 nitrogen and oxygen atoms in total. The molecule has 2 aliphatic heterocycles. The Hall–Kier alpha value is -7.53. The largest absolute Gasteiger partial charge is 0.744 e. The van der Waals surface area contributed by atoms with Crippen LogP contribution in [0, 0.1) is 0 Å². The SMILES string of the molecule is COCCOCCOCCOCc1cn(Cc2cc(C(=O)NCCCCCCN=[N+]=[N-])cc(Cn3cc(COCCOCCOCCOC)nn3)c2C(=C\C=C\C2=[N+](CCCS(=O)(=O)O)c3ccc(S(=O)(=O)[O-])cc3C2(C)C)/C=C/C=C2/N(CCCS(=O)(=O)O)c3ccc(S(=O)(=O)O)cc3C2(C)C)nn1. The quantitative estimate of drug-likeness (QED) is 0.00583. The number of fused-ring (bicyclic) bond motifs is 2. The summed E-state index contributed by atoms with van der Waals surface area (Å²) < 4.78 is 190. The van der Waals surface area contributed by atoms with Gasteiger partial charge in [-0.1, -0.05) is 66.5 Å². The van der Waals surface area contributed by atoms with E-state index in [4.69, 9.17) is 43.4 Å². The van der Waals surface area contributed by atoms with E-state index in [0.29, 0.717) is 146 Å². The smallest absolute Gasteiger partial charge is 0.294 e. The Morgan fingerprint density at radius 1 is 0.657 bits per heavy atom. The van der Waals surface area contributed by atoms with Gasteiger partial charge in [-0.25, -0.2) is 17.8 Å². The monoisotopic (exact) mass is 1540 g/mol. The first-order valence-corrected chi connectivity index (χ1v) is 40.0. The molecule has 0 saturated heterocycles. The van der Waals surface area contributed by atoms with Crippen LogP contribution >= 0.6 is 0 Å². The Morgan fingerprint density at radius 2 is 1.19 bits per heavy atom. The molecule has 4 heterocycles. The lowest BCUT2D eigenvalue weighted by Crippen LogP contribution is -2.28. The van der Waals surface area contributed by atoms with E-state index in [1.165, 1.54) is 36.4 Å². The van der Waals surface area contributed by atoms with Gasteiger partial charge in [-0.15, -0.1) is 10.2 Å². The standard InChI is InChI=1S/C68H94N12O21S4/c1-67(2)59-43-57(104(88,89)90)19-21-61(59)79(25-13-39-102(82,83)84)63(67)17-11-15-51(16-12-18-64-68(3,4)60-44-58(105(91,92)93)20-22-62(60)80(64)26-14-40-103(85,86)87)65-53(45-77-47-55(72-75-77)49-100-37-35-98-33-31-96-29-27-94-5)41-52(66(81)70-23-9-7-8-10-24-71-74-69)42-54(65)46-78-48-56(73-76-78)50-101-38-36-99-34-32-97-30-28-95-6/h11-12,15-22,41-44,47-48H,7-10,13-14,23-40,45-46,49-50H2,1-6H3,(H4-,70,81,82,83,84,85,86,87,88,89,90,91,92,93). The number of hydrogen-bond acceptors (Lipinski definition) is 24. The van der Waals surface area contributed by atoms with Crippen LogP contribution in [-0.4, -0.2) is 229 Å². The third-order valence-electron chi connectivity index (χ3n) is 17.0. The first-order valence-electron chi connectivity index (χ1n) is 33.9. The van der Waals surface area contributed by atoms with Gasteiger partial charge in [-0.2, -0.15) is 29.8 Å². The maximum absolute atomic E-state index is 14.7. The van der Waals surface area contributed by atoms with Gasteiger partial charge in [0.05, 0.1) is 145 Å². The van der Waals surface area contributed by atoms with Crippen molar-refractivity contribution in [3.63, 3.8) is 0 Å². The average molecular weight is 1540 g/mol. The molecule has 5 aromatic rings. The van der Waals surface area contributed by atoms with Crippen molar-refractivity contribution in [3.05, 3.63) is 158 Å². The number of nitrogens with zero attached hydrogens (tertiary/aromatic N) is 11. The maximum Gasteiger partial charge on any atom is 0.294 e. The van der Waals surface area contributed by atoms with Gasteiger partial charge in [-0.05, 0) is 115 Å². The summed E-state index contributed by atoms with van der Waals surface area (Å²) in [6.45, 7) is 12.1. The van der Waals surface area contributed by atoms with Crippen LogP contribution in [0.4, 0.5) is 11.4 Å². The van der Waals surface area contributed by atoms with Crippen LogP contribution in [0.5, 0.6) is 0 Å². The summed E-state index contributed by atoms with van der Waals surface area (Å²) in [6.07, 6.45) is 16.5. The summed E-state index contributed by atoms with van der Waals surface area (Å²) in [5, 5.41) is 24.6. The van der Waals surface area contributed by atoms with Gasteiger partial charge < -0.3 is 52.7 Å². The Balaban J connectivity index is 1.42. The fourth-order valence-corrected chi connectivity index (χ4v) is 14.0. The number of unbranched alkanes of at least 4 members (excludes halogenated alkanes) is 3. The molecule has 3 aromatic carbocycles. The number of rotatable bonds is 49. The lowest BCUT2D eigenvalue weighted by atomic mass is 9.81. The van der Waals surface area contributed by atoms with E-state index in [1.54, 1.807) is 94.0 Å².